The molecule has 1 fully saturated rings. The summed E-state index contributed by atoms with van der Waals surface area (Å²) in [5.74, 6) is -0.359. The van der Waals surface area contributed by atoms with E-state index in [0.29, 0.717) is 18.7 Å². The summed E-state index contributed by atoms with van der Waals surface area (Å²) in [6.45, 7) is 13.7. The highest BCUT2D eigenvalue weighted by atomic mass is 19.4. The molecule has 0 radical (unpaired) electrons. The summed E-state index contributed by atoms with van der Waals surface area (Å²) in [5.41, 5.74) is 4.94. The molecular weight excluding hydrogens is 513 g/mol. The Morgan fingerprint density at radius 1 is 0.950 bits per heavy atom. The van der Waals surface area contributed by atoms with Gasteiger partial charge in [-0.05, 0) is 74.2 Å². The maximum absolute atomic E-state index is 13.2. The number of amides is 1. The number of carbonyl (C=O) groups is 1. The minimum Gasteiger partial charge on any atom is -0.370 e. The first-order valence-electron chi connectivity index (χ1n) is 13.7. The number of aryl methyl sites for hydroxylation is 1. The Bertz CT molecular complexity index is 1310. The molecule has 0 aliphatic carbocycles. The maximum Gasteiger partial charge on any atom is 0.416 e. The lowest BCUT2D eigenvalue weighted by Gasteiger charge is -2.28. The van der Waals surface area contributed by atoms with Crippen LogP contribution in [0.3, 0.4) is 0 Å². The van der Waals surface area contributed by atoms with Gasteiger partial charge in [0.1, 0.15) is 5.70 Å². The van der Waals surface area contributed by atoms with Crippen LogP contribution in [0.2, 0.25) is 0 Å². The number of nitrogens with one attached hydrogen (secondary N) is 1. The Morgan fingerprint density at radius 3 is 2.05 bits per heavy atom. The van der Waals surface area contributed by atoms with E-state index in [1.807, 2.05) is 19.1 Å². The van der Waals surface area contributed by atoms with Gasteiger partial charge >= 0.3 is 6.18 Å². The van der Waals surface area contributed by atoms with Crippen molar-refractivity contribution in [2.24, 2.45) is 0 Å². The summed E-state index contributed by atoms with van der Waals surface area (Å²) in [7, 11) is 0. The predicted octanol–water partition coefficient (Wildman–Crippen LogP) is 6.84. The van der Waals surface area contributed by atoms with E-state index in [1.54, 1.807) is 6.92 Å². The largest absolute Gasteiger partial charge is 0.416 e. The molecule has 1 amide bonds. The first-order valence-corrected chi connectivity index (χ1v) is 13.7. The number of rotatable bonds is 7. The van der Waals surface area contributed by atoms with E-state index in [1.165, 1.54) is 22.4 Å². The molecule has 2 aromatic carbocycles. The van der Waals surface area contributed by atoms with E-state index < -0.39 is 11.7 Å². The van der Waals surface area contributed by atoms with Crippen LogP contribution in [0, 0.1) is 6.92 Å². The third kappa shape index (κ3) is 6.97. The van der Waals surface area contributed by atoms with Crippen molar-refractivity contribution in [1.29, 1.82) is 0 Å². The van der Waals surface area contributed by atoms with Crippen molar-refractivity contribution in [2.75, 3.05) is 36.0 Å². The lowest BCUT2D eigenvalue weighted by molar-refractivity contribution is -0.118. The number of carbonyl (C=O) groups excluding carboxylic acids is 1. The maximum atomic E-state index is 13.2. The van der Waals surface area contributed by atoms with Gasteiger partial charge in [0.15, 0.2) is 0 Å². The molecule has 0 saturated carbocycles. The van der Waals surface area contributed by atoms with E-state index in [-0.39, 0.29) is 11.6 Å². The smallest absolute Gasteiger partial charge is 0.370 e. The number of alkyl halides is 3. The molecule has 2 aromatic rings. The average Bonchev–Trinajstić information content (AvgIpc) is 3.19. The molecule has 0 spiro atoms. The fourth-order valence-electron chi connectivity index (χ4n) is 4.90. The van der Waals surface area contributed by atoms with E-state index in [4.69, 9.17) is 0 Å². The Balaban J connectivity index is 1.37. The summed E-state index contributed by atoms with van der Waals surface area (Å²) in [4.78, 5) is 19.5. The van der Waals surface area contributed by atoms with Crippen molar-refractivity contribution in [3.8, 4) is 0 Å². The molecule has 40 heavy (non-hydrogen) atoms. The number of halogens is 3. The second-order valence-electron chi connectivity index (χ2n) is 10.3. The van der Waals surface area contributed by atoms with E-state index >= 15 is 0 Å². The van der Waals surface area contributed by atoms with Crippen molar-refractivity contribution in [3.63, 3.8) is 0 Å². The Kier molecular flexibility index (Phi) is 9.07. The van der Waals surface area contributed by atoms with Gasteiger partial charge in [-0.1, -0.05) is 43.3 Å². The quantitative estimate of drug-likeness (QED) is 0.383. The third-order valence-electron chi connectivity index (χ3n) is 7.40. The van der Waals surface area contributed by atoms with Gasteiger partial charge in [0.05, 0.1) is 5.57 Å². The lowest BCUT2D eigenvalue weighted by Crippen LogP contribution is -2.34. The topological polar surface area (TPSA) is 38.8 Å². The molecule has 0 aromatic heterocycles. The van der Waals surface area contributed by atoms with Crippen molar-refractivity contribution in [1.82, 2.24) is 10.2 Å². The van der Waals surface area contributed by atoms with Crippen LogP contribution in [-0.4, -0.2) is 43.2 Å². The molecule has 2 aliphatic rings. The van der Waals surface area contributed by atoms with Gasteiger partial charge in [-0.25, -0.2) is 0 Å². The number of hydrogen-bond donors (Lipinski definition) is 1. The molecule has 212 valence electrons. The van der Waals surface area contributed by atoms with Gasteiger partial charge in [0, 0.05) is 56.0 Å². The molecule has 1 saturated heterocycles. The average molecular weight is 551 g/mol. The summed E-state index contributed by atoms with van der Waals surface area (Å²) in [6, 6.07) is 16.8. The zero-order valence-corrected chi connectivity index (χ0v) is 23.4. The molecule has 2 heterocycles. The number of benzene rings is 2. The second-order valence-corrected chi connectivity index (χ2v) is 10.3. The first-order chi connectivity index (χ1) is 19.1. The highest BCUT2D eigenvalue weighted by Crippen LogP contribution is 2.33. The zero-order valence-electron chi connectivity index (χ0n) is 23.4. The van der Waals surface area contributed by atoms with Crippen LogP contribution in [0.5, 0.6) is 0 Å². The zero-order chi connectivity index (χ0) is 28.9. The number of anilines is 2. The van der Waals surface area contributed by atoms with Gasteiger partial charge in [-0.3, -0.25) is 4.79 Å². The molecular formula is C32H37F3N4O. The standard InChI is InChI=1S/C32H37F3N4O/c1-5-24(3)30(39-18-15-27(21-25(39)4)32(33,34)35)31(40)36-22-26-9-13-29(14-10-26)38-17-6-16-37(19-20-38)28-11-7-23(2)8-12-28/h7-15,18,21H,4-6,16-17,19-20,22H2,1-3H3,(H,36,40)/b30-24+. The summed E-state index contributed by atoms with van der Waals surface area (Å²) < 4.78 is 39.4. The summed E-state index contributed by atoms with van der Waals surface area (Å²) in [5, 5.41) is 2.93. The molecule has 5 nitrogen and oxygen atoms in total. The van der Waals surface area contributed by atoms with Gasteiger partial charge in [-0.15, -0.1) is 0 Å². The van der Waals surface area contributed by atoms with E-state index in [9.17, 15) is 18.0 Å². The summed E-state index contributed by atoms with van der Waals surface area (Å²) in [6.07, 6.45) is 0.340. The van der Waals surface area contributed by atoms with E-state index in [0.717, 1.165) is 61.6 Å². The SMILES string of the molecule is C=C1C=C(C(F)(F)F)C=CN1/C(C(=O)NCc1ccc(N2CCCN(c3ccc(C)cc3)CC2)cc1)=C(\C)CC. The van der Waals surface area contributed by atoms with Crippen molar-refractivity contribution < 1.29 is 18.0 Å². The Hall–Kier alpha value is -3.94. The predicted molar refractivity (Wildman–Crippen MR) is 156 cm³/mol. The fourth-order valence-corrected chi connectivity index (χ4v) is 4.90. The van der Waals surface area contributed by atoms with Gasteiger partial charge in [0.2, 0.25) is 0 Å². The molecule has 1 N–H and O–H groups in total. The van der Waals surface area contributed by atoms with Crippen LogP contribution < -0.4 is 15.1 Å². The number of hydrogen-bond acceptors (Lipinski definition) is 4. The van der Waals surface area contributed by atoms with E-state index in [2.05, 4.69) is 65.0 Å². The van der Waals surface area contributed by atoms with Crippen LogP contribution >= 0.6 is 0 Å². The highest BCUT2D eigenvalue weighted by Gasteiger charge is 2.34. The summed E-state index contributed by atoms with van der Waals surface area (Å²) >= 11 is 0. The minimum absolute atomic E-state index is 0.0931. The van der Waals surface area contributed by atoms with Crippen molar-refractivity contribution >= 4 is 17.3 Å². The van der Waals surface area contributed by atoms with Crippen LogP contribution in [0.25, 0.3) is 0 Å². The first kappa shape index (κ1) is 29.1. The normalized spacial score (nSPS) is 16.9. The van der Waals surface area contributed by atoms with Crippen LogP contribution in [0.15, 0.2) is 96.0 Å². The third-order valence-corrected chi connectivity index (χ3v) is 7.40. The molecule has 8 heteroatoms. The molecule has 0 atom stereocenters. The van der Waals surface area contributed by atoms with Crippen LogP contribution in [-0.2, 0) is 11.3 Å². The van der Waals surface area contributed by atoms with Crippen molar-refractivity contribution in [3.05, 3.63) is 107 Å². The Morgan fingerprint density at radius 2 is 1.52 bits per heavy atom. The van der Waals surface area contributed by atoms with Gasteiger partial charge in [-0.2, -0.15) is 13.2 Å². The monoisotopic (exact) mass is 550 g/mol. The van der Waals surface area contributed by atoms with Crippen LogP contribution in [0.4, 0.5) is 24.5 Å². The molecule has 0 bridgehead atoms. The van der Waals surface area contributed by atoms with Gasteiger partial charge < -0.3 is 20.0 Å². The minimum atomic E-state index is -4.47. The van der Waals surface area contributed by atoms with Gasteiger partial charge in [0.25, 0.3) is 5.91 Å². The number of nitrogens with zero attached hydrogens (tertiary/aromatic N) is 3. The second kappa shape index (κ2) is 12.5. The Labute approximate surface area is 235 Å². The fraction of sp³-hybridized carbons (Fsp3) is 0.344. The lowest BCUT2D eigenvalue weighted by atomic mass is 10.1. The number of allylic oxidation sites excluding steroid dienone is 4. The molecule has 2 aliphatic heterocycles. The highest BCUT2D eigenvalue weighted by molar-refractivity contribution is 5.94. The van der Waals surface area contributed by atoms with Crippen molar-refractivity contribution in [2.45, 2.75) is 46.3 Å². The molecule has 0 unspecified atom stereocenters. The van der Waals surface area contributed by atoms with Crippen LogP contribution in [0.1, 0.15) is 37.8 Å². The molecule has 4 rings (SSSR count).